The first-order valence-corrected chi connectivity index (χ1v) is 6.99. The van der Waals surface area contributed by atoms with Crippen molar-refractivity contribution in [3.05, 3.63) is 29.8 Å². The highest BCUT2D eigenvalue weighted by Crippen LogP contribution is 2.29. The first kappa shape index (κ1) is 12.3. The summed E-state index contributed by atoms with van der Waals surface area (Å²) >= 11 is 0. The van der Waals surface area contributed by atoms with Gasteiger partial charge in [-0.05, 0) is 19.8 Å². The number of aryl methyl sites for hydroxylation is 2. The van der Waals surface area contributed by atoms with Gasteiger partial charge < -0.3 is 5.32 Å². The van der Waals surface area contributed by atoms with E-state index in [4.69, 9.17) is 0 Å². The fraction of sp³-hybridized carbons (Fsp3) is 0.571. The van der Waals surface area contributed by atoms with Gasteiger partial charge in [-0.15, -0.1) is 0 Å². The van der Waals surface area contributed by atoms with E-state index in [0.29, 0.717) is 6.04 Å². The van der Waals surface area contributed by atoms with E-state index >= 15 is 0 Å². The van der Waals surface area contributed by atoms with Gasteiger partial charge in [0, 0.05) is 31.5 Å². The Labute approximate surface area is 113 Å². The molecule has 0 amide bonds. The van der Waals surface area contributed by atoms with Gasteiger partial charge >= 0.3 is 0 Å². The predicted octanol–water partition coefficient (Wildman–Crippen LogP) is 2.65. The van der Waals surface area contributed by atoms with Gasteiger partial charge in [0.1, 0.15) is 0 Å². The summed E-state index contributed by atoms with van der Waals surface area (Å²) in [5, 5.41) is 12.2. The molecule has 19 heavy (non-hydrogen) atoms. The van der Waals surface area contributed by atoms with Crippen molar-refractivity contribution >= 4 is 5.69 Å². The Kier molecular flexibility index (Phi) is 3.27. The van der Waals surface area contributed by atoms with Crippen LogP contribution in [0.5, 0.6) is 0 Å². The lowest BCUT2D eigenvalue weighted by atomic mass is 10.2. The lowest BCUT2D eigenvalue weighted by Crippen LogP contribution is -2.04. The van der Waals surface area contributed by atoms with Gasteiger partial charge in [0.25, 0.3) is 0 Å². The Bertz CT molecular complexity index is 548. The predicted molar refractivity (Wildman–Crippen MR) is 75.0 cm³/mol. The first-order valence-electron chi connectivity index (χ1n) is 6.99. The van der Waals surface area contributed by atoms with E-state index < -0.39 is 0 Å². The summed E-state index contributed by atoms with van der Waals surface area (Å²) in [6.45, 7) is 2.84. The van der Waals surface area contributed by atoms with Crippen molar-refractivity contribution in [1.82, 2.24) is 19.6 Å². The van der Waals surface area contributed by atoms with Crippen molar-refractivity contribution in [2.45, 2.75) is 45.2 Å². The normalized spacial score (nSPS) is 16.1. The fourth-order valence-corrected chi connectivity index (χ4v) is 2.82. The van der Waals surface area contributed by atoms with Gasteiger partial charge in [-0.25, -0.2) is 0 Å². The van der Waals surface area contributed by atoms with E-state index in [2.05, 4.69) is 32.6 Å². The third-order valence-corrected chi connectivity index (χ3v) is 3.90. The molecular weight excluding hydrogens is 238 g/mol. The monoisotopic (exact) mass is 259 g/mol. The van der Waals surface area contributed by atoms with Crippen LogP contribution in [-0.2, 0) is 13.6 Å². The molecule has 102 valence electrons. The first-order chi connectivity index (χ1) is 9.22. The molecule has 0 atom stereocenters. The van der Waals surface area contributed by atoms with E-state index in [9.17, 15) is 0 Å². The second-order valence-electron chi connectivity index (χ2n) is 5.41. The third-order valence-electron chi connectivity index (χ3n) is 3.90. The lowest BCUT2D eigenvalue weighted by Gasteiger charge is -2.08. The van der Waals surface area contributed by atoms with Crippen LogP contribution in [0.15, 0.2) is 18.6 Å². The second kappa shape index (κ2) is 5.07. The minimum absolute atomic E-state index is 0.607. The maximum Gasteiger partial charge on any atom is 0.0729 e. The van der Waals surface area contributed by atoms with E-state index in [1.54, 1.807) is 0 Å². The molecule has 0 radical (unpaired) electrons. The highest BCUT2D eigenvalue weighted by molar-refractivity contribution is 5.39. The molecule has 2 aromatic rings. The Balaban J connectivity index is 1.62. The summed E-state index contributed by atoms with van der Waals surface area (Å²) in [6, 6.07) is 0.607. The smallest absolute Gasteiger partial charge is 0.0729 e. The number of nitrogens with one attached hydrogen (secondary N) is 1. The quantitative estimate of drug-likeness (QED) is 0.918. The molecule has 5 heteroatoms. The fourth-order valence-electron chi connectivity index (χ4n) is 2.82. The van der Waals surface area contributed by atoms with Crippen LogP contribution in [0.4, 0.5) is 5.69 Å². The Morgan fingerprint density at radius 2 is 2.11 bits per heavy atom. The summed E-state index contributed by atoms with van der Waals surface area (Å²) in [5.41, 5.74) is 3.41. The SMILES string of the molecule is Cc1nn(C)cc1CNc1cnn(C2CCCC2)c1. The van der Waals surface area contributed by atoms with Crippen molar-refractivity contribution in [3.63, 3.8) is 0 Å². The number of hydrogen-bond acceptors (Lipinski definition) is 3. The van der Waals surface area contributed by atoms with Gasteiger partial charge in [-0.1, -0.05) is 12.8 Å². The second-order valence-corrected chi connectivity index (χ2v) is 5.41. The summed E-state index contributed by atoms with van der Waals surface area (Å²) in [7, 11) is 1.95. The maximum atomic E-state index is 4.47. The Morgan fingerprint density at radius 1 is 1.32 bits per heavy atom. The molecule has 1 N–H and O–H groups in total. The summed E-state index contributed by atoms with van der Waals surface area (Å²) in [4.78, 5) is 0. The van der Waals surface area contributed by atoms with Crippen molar-refractivity contribution in [2.75, 3.05) is 5.32 Å². The molecule has 0 aromatic carbocycles. The molecule has 1 aliphatic carbocycles. The van der Waals surface area contributed by atoms with Gasteiger partial charge in [0.15, 0.2) is 0 Å². The van der Waals surface area contributed by atoms with Crippen LogP contribution in [0.1, 0.15) is 43.0 Å². The summed E-state index contributed by atoms with van der Waals surface area (Å²) < 4.78 is 3.97. The standard InChI is InChI=1S/C14H21N5/c1-11-12(9-18(2)17-11)7-15-13-8-16-19(10-13)14-5-3-4-6-14/h8-10,14-15H,3-7H2,1-2H3. The molecule has 1 aliphatic rings. The molecule has 1 saturated carbocycles. The van der Waals surface area contributed by atoms with E-state index in [0.717, 1.165) is 17.9 Å². The number of nitrogens with zero attached hydrogens (tertiary/aromatic N) is 4. The molecule has 2 aromatic heterocycles. The molecule has 0 aliphatic heterocycles. The van der Waals surface area contributed by atoms with Gasteiger partial charge in [0.05, 0.1) is 23.6 Å². The number of aromatic nitrogens is 4. The zero-order valence-electron chi connectivity index (χ0n) is 11.6. The average molecular weight is 259 g/mol. The molecule has 0 unspecified atom stereocenters. The molecule has 2 heterocycles. The van der Waals surface area contributed by atoms with E-state index in [1.165, 1.54) is 31.2 Å². The van der Waals surface area contributed by atoms with Crippen LogP contribution in [0, 0.1) is 6.92 Å². The molecule has 0 saturated heterocycles. The highest BCUT2D eigenvalue weighted by atomic mass is 15.3. The molecule has 1 fully saturated rings. The van der Waals surface area contributed by atoms with Crippen LogP contribution in [-0.4, -0.2) is 19.6 Å². The lowest BCUT2D eigenvalue weighted by molar-refractivity contribution is 0.467. The van der Waals surface area contributed by atoms with Crippen molar-refractivity contribution in [1.29, 1.82) is 0 Å². The van der Waals surface area contributed by atoms with Crippen LogP contribution in [0.25, 0.3) is 0 Å². The Hall–Kier alpha value is -1.78. The van der Waals surface area contributed by atoms with Crippen molar-refractivity contribution in [2.24, 2.45) is 7.05 Å². The zero-order valence-corrected chi connectivity index (χ0v) is 11.6. The van der Waals surface area contributed by atoms with E-state index in [1.807, 2.05) is 24.9 Å². The zero-order chi connectivity index (χ0) is 13.2. The third kappa shape index (κ3) is 2.64. The molecule has 0 spiro atoms. The highest BCUT2D eigenvalue weighted by Gasteiger charge is 2.17. The van der Waals surface area contributed by atoms with Crippen LogP contribution < -0.4 is 5.32 Å². The van der Waals surface area contributed by atoms with E-state index in [-0.39, 0.29) is 0 Å². The maximum absolute atomic E-state index is 4.47. The van der Waals surface area contributed by atoms with Gasteiger partial charge in [-0.2, -0.15) is 10.2 Å². The summed E-state index contributed by atoms with van der Waals surface area (Å²) in [5.74, 6) is 0. The number of rotatable bonds is 4. The van der Waals surface area contributed by atoms with Crippen molar-refractivity contribution < 1.29 is 0 Å². The van der Waals surface area contributed by atoms with Crippen LogP contribution >= 0.6 is 0 Å². The minimum Gasteiger partial charge on any atom is -0.378 e. The molecule has 3 rings (SSSR count). The van der Waals surface area contributed by atoms with Crippen LogP contribution in [0.3, 0.4) is 0 Å². The number of anilines is 1. The van der Waals surface area contributed by atoms with Crippen LogP contribution in [0.2, 0.25) is 0 Å². The minimum atomic E-state index is 0.607. The molecule has 0 bridgehead atoms. The average Bonchev–Trinajstić information content (AvgIpc) is 3.07. The Morgan fingerprint density at radius 3 is 2.79 bits per heavy atom. The summed E-state index contributed by atoms with van der Waals surface area (Å²) in [6.07, 6.45) is 11.3. The number of hydrogen-bond donors (Lipinski definition) is 1. The molecule has 5 nitrogen and oxygen atoms in total. The topological polar surface area (TPSA) is 47.7 Å². The largest absolute Gasteiger partial charge is 0.378 e. The van der Waals surface area contributed by atoms with Crippen molar-refractivity contribution in [3.8, 4) is 0 Å². The van der Waals surface area contributed by atoms with Gasteiger partial charge in [-0.3, -0.25) is 9.36 Å². The molecular formula is C14H21N5. The van der Waals surface area contributed by atoms with Gasteiger partial charge in [0.2, 0.25) is 0 Å².